The van der Waals surface area contributed by atoms with Crippen LogP contribution in [0, 0.1) is 0 Å². The molecule has 0 spiro atoms. The monoisotopic (exact) mass is 314 g/mol. The second-order valence-corrected chi connectivity index (χ2v) is 4.69. The number of hydrazone groups is 1. The normalized spacial score (nSPS) is 12.1. The van der Waals surface area contributed by atoms with Crippen LogP contribution < -0.4 is 10.2 Å². The molecule has 2 N–H and O–H groups in total. The standard InChI is InChI=1S/C17H18N2O4/c1-22-14-8-9-15(20)13(10-14)11-18-19-17(21)16(23-2)12-6-4-3-5-7-12/h3-11,16,20H,1-2H3,(H,19,21)/b18-11+. The first kappa shape index (κ1) is 16.5. The largest absolute Gasteiger partial charge is 0.507 e. The van der Waals surface area contributed by atoms with Gasteiger partial charge in [0.25, 0.3) is 5.91 Å². The highest BCUT2D eigenvalue weighted by atomic mass is 16.5. The highest BCUT2D eigenvalue weighted by Gasteiger charge is 2.19. The summed E-state index contributed by atoms with van der Waals surface area (Å²) in [6, 6.07) is 13.8. The number of methoxy groups -OCH3 is 2. The van der Waals surface area contributed by atoms with E-state index in [-0.39, 0.29) is 5.75 Å². The average molecular weight is 314 g/mol. The number of aromatic hydroxyl groups is 1. The van der Waals surface area contributed by atoms with Crippen molar-refractivity contribution in [1.29, 1.82) is 0 Å². The first-order valence-electron chi connectivity index (χ1n) is 6.93. The maximum Gasteiger partial charge on any atom is 0.273 e. The lowest BCUT2D eigenvalue weighted by Crippen LogP contribution is -2.26. The second-order valence-electron chi connectivity index (χ2n) is 4.69. The van der Waals surface area contributed by atoms with E-state index in [9.17, 15) is 9.90 Å². The number of amides is 1. The van der Waals surface area contributed by atoms with Crippen LogP contribution in [0.3, 0.4) is 0 Å². The summed E-state index contributed by atoms with van der Waals surface area (Å²) in [4.78, 5) is 12.1. The zero-order valence-corrected chi connectivity index (χ0v) is 12.9. The van der Waals surface area contributed by atoms with E-state index >= 15 is 0 Å². The molecular formula is C17H18N2O4. The fraction of sp³-hybridized carbons (Fsp3) is 0.176. The minimum atomic E-state index is -0.757. The molecular weight excluding hydrogens is 296 g/mol. The van der Waals surface area contributed by atoms with Gasteiger partial charge in [-0.1, -0.05) is 30.3 Å². The van der Waals surface area contributed by atoms with Gasteiger partial charge in [-0.15, -0.1) is 0 Å². The summed E-state index contributed by atoms with van der Waals surface area (Å²) in [6.07, 6.45) is 0.584. The van der Waals surface area contributed by atoms with Crippen LogP contribution in [0.5, 0.6) is 11.5 Å². The van der Waals surface area contributed by atoms with Gasteiger partial charge < -0.3 is 14.6 Å². The molecule has 0 saturated carbocycles. The molecule has 0 radical (unpaired) electrons. The van der Waals surface area contributed by atoms with Gasteiger partial charge in [0.15, 0.2) is 6.10 Å². The Morgan fingerprint density at radius 3 is 2.61 bits per heavy atom. The zero-order valence-electron chi connectivity index (χ0n) is 12.9. The summed E-state index contributed by atoms with van der Waals surface area (Å²) in [5.41, 5.74) is 3.56. The highest BCUT2D eigenvalue weighted by molar-refractivity contribution is 5.87. The Morgan fingerprint density at radius 1 is 1.22 bits per heavy atom. The van der Waals surface area contributed by atoms with E-state index in [1.54, 1.807) is 24.3 Å². The van der Waals surface area contributed by atoms with Crippen molar-refractivity contribution in [1.82, 2.24) is 5.43 Å². The Kier molecular flexibility index (Phi) is 5.71. The quantitative estimate of drug-likeness (QED) is 0.633. The topological polar surface area (TPSA) is 80.2 Å². The van der Waals surface area contributed by atoms with Crippen LogP contribution in [0.4, 0.5) is 0 Å². The molecule has 2 rings (SSSR count). The summed E-state index contributed by atoms with van der Waals surface area (Å²) >= 11 is 0. The first-order chi connectivity index (χ1) is 11.2. The Labute approximate surface area is 134 Å². The SMILES string of the molecule is COc1ccc(O)c(/C=N/NC(=O)C(OC)c2ccccc2)c1. The molecule has 0 aliphatic carbocycles. The lowest BCUT2D eigenvalue weighted by molar-refractivity contribution is -0.131. The van der Waals surface area contributed by atoms with Crippen LogP contribution >= 0.6 is 0 Å². The van der Waals surface area contributed by atoms with E-state index < -0.39 is 12.0 Å². The third kappa shape index (κ3) is 4.31. The molecule has 0 saturated heterocycles. The third-order valence-electron chi connectivity index (χ3n) is 3.19. The molecule has 6 heteroatoms. The van der Waals surface area contributed by atoms with Crippen molar-refractivity contribution in [2.75, 3.05) is 14.2 Å². The number of carbonyl (C=O) groups is 1. The summed E-state index contributed by atoms with van der Waals surface area (Å²) in [5.74, 6) is 0.210. The van der Waals surface area contributed by atoms with E-state index in [1.807, 2.05) is 18.2 Å². The van der Waals surface area contributed by atoms with Crippen LogP contribution in [-0.2, 0) is 9.53 Å². The van der Waals surface area contributed by atoms with Crippen LogP contribution in [0.15, 0.2) is 53.6 Å². The number of hydrogen-bond acceptors (Lipinski definition) is 5. The molecule has 0 fully saturated rings. The fourth-order valence-electron chi connectivity index (χ4n) is 2.01. The van der Waals surface area contributed by atoms with Crippen molar-refractivity contribution in [2.24, 2.45) is 5.10 Å². The molecule has 1 unspecified atom stereocenters. The Morgan fingerprint density at radius 2 is 1.96 bits per heavy atom. The lowest BCUT2D eigenvalue weighted by atomic mass is 10.1. The van der Waals surface area contributed by atoms with Gasteiger partial charge in [-0.3, -0.25) is 4.79 Å². The van der Waals surface area contributed by atoms with E-state index in [4.69, 9.17) is 9.47 Å². The van der Waals surface area contributed by atoms with Gasteiger partial charge in [0.05, 0.1) is 13.3 Å². The van der Waals surface area contributed by atoms with Crippen LogP contribution in [0.25, 0.3) is 0 Å². The van der Waals surface area contributed by atoms with Crippen molar-refractivity contribution < 1.29 is 19.4 Å². The smallest absolute Gasteiger partial charge is 0.273 e. The van der Waals surface area contributed by atoms with Crippen molar-refractivity contribution >= 4 is 12.1 Å². The number of phenolic OH excluding ortho intramolecular Hbond substituents is 1. The summed E-state index contributed by atoms with van der Waals surface area (Å²) in [7, 11) is 2.98. The number of ether oxygens (including phenoxy) is 2. The van der Waals surface area contributed by atoms with Crippen LogP contribution in [-0.4, -0.2) is 31.4 Å². The molecule has 0 heterocycles. The maximum absolute atomic E-state index is 12.1. The van der Waals surface area contributed by atoms with Gasteiger partial charge in [-0.2, -0.15) is 5.10 Å². The molecule has 0 aliphatic heterocycles. The maximum atomic E-state index is 12.1. The number of benzene rings is 2. The molecule has 0 aliphatic rings. The highest BCUT2D eigenvalue weighted by Crippen LogP contribution is 2.21. The molecule has 0 aromatic heterocycles. The summed E-state index contributed by atoms with van der Waals surface area (Å²) < 4.78 is 10.3. The second kappa shape index (κ2) is 7.95. The van der Waals surface area contributed by atoms with Gasteiger partial charge in [0.2, 0.25) is 0 Å². The average Bonchev–Trinajstić information content (AvgIpc) is 2.58. The van der Waals surface area contributed by atoms with E-state index in [2.05, 4.69) is 10.5 Å². The van der Waals surface area contributed by atoms with Crippen molar-refractivity contribution in [3.05, 3.63) is 59.7 Å². The number of hydrogen-bond donors (Lipinski definition) is 2. The Bertz CT molecular complexity index is 686. The summed E-state index contributed by atoms with van der Waals surface area (Å²) in [6.45, 7) is 0. The molecule has 6 nitrogen and oxygen atoms in total. The minimum Gasteiger partial charge on any atom is -0.507 e. The number of phenols is 1. The van der Waals surface area contributed by atoms with Crippen molar-refractivity contribution in [2.45, 2.75) is 6.10 Å². The van der Waals surface area contributed by atoms with Gasteiger partial charge >= 0.3 is 0 Å². The summed E-state index contributed by atoms with van der Waals surface area (Å²) in [5, 5.41) is 13.6. The van der Waals surface area contributed by atoms with E-state index in [0.29, 0.717) is 11.3 Å². The lowest BCUT2D eigenvalue weighted by Gasteiger charge is -2.13. The minimum absolute atomic E-state index is 0.0372. The molecule has 0 bridgehead atoms. The van der Waals surface area contributed by atoms with Gasteiger partial charge in [-0.25, -0.2) is 5.43 Å². The Hall–Kier alpha value is -2.86. The predicted octanol–water partition coefficient (Wildman–Crippen LogP) is 2.24. The molecule has 120 valence electrons. The Balaban J connectivity index is 2.06. The van der Waals surface area contributed by atoms with E-state index in [0.717, 1.165) is 5.56 Å². The zero-order chi connectivity index (χ0) is 16.7. The molecule has 23 heavy (non-hydrogen) atoms. The third-order valence-corrected chi connectivity index (χ3v) is 3.19. The fourth-order valence-corrected chi connectivity index (χ4v) is 2.01. The van der Waals surface area contributed by atoms with E-state index in [1.165, 1.54) is 26.5 Å². The number of nitrogens with one attached hydrogen (secondary N) is 1. The molecule has 1 atom stereocenters. The number of nitrogens with zero attached hydrogens (tertiary/aromatic N) is 1. The first-order valence-corrected chi connectivity index (χ1v) is 6.93. The molecule has 1 amide bonds. The molecule has 2 aromatic rings. The van der Waals surface area contributed by atoms with Gasteiger partial charge in [-0.05, 0) is 23.8 Å². The predicted molar refractivity (Wildman–Crippen MR) is 86.6 cm³/mol. The van der Waals surface area contributed by atoms with Crippen LogP contribution in [0.1, 0.15) is 17.2 Å². The van der Waals surface area contributed by atoms with Gasteiger partial charge in [0.1, 0.15) is 11.5 Å². The van der Waals surface area contributed by atoms with Crippen LogP contribution in [0.2, 0.25) is 0 Å². The molecule has 2 aromatic carbocycles. The van der Waals surface area contributed by atoms with Crippen molar-refractivity contribution in [3.8, 4) is 11.5 Å². The number of rotatable bonds is 6. The van der Waals surface area contributed by atoms with Crippen molar-refractivity contribution in [3.63, 3.8) is 0 Å². The number of carbonyl (C=O) groups excluding carboxylic acids is 1. The van der Waals surface area contributed by atoms with Gasteiger partial charge in [0, 0.05) is 12.7 Å².